The van der Waals surface area contributed by atoms with E-state index in [0.29, 0.717) is 37.2 Å². The summed E-state index contributed by atoms with van der Waals surface area (Å²) in [7, 11) is 0. The SMILES string of the molecule is CC(C)CC1(c2ccccc2)OC(=O)C2=C1CN(C(=O)NCc1ccccc1NC(=O)/C=C/c1ccccc1)CC2. The van der Waals surface area contributed by atoms with Gasteiger partial charge in [-0.1, -0.05) is 92.7 Å². The van der Waals surface area contributed by atoms with Gasteiger partial charge in [-0.2, -0.15) is 0 Å². The molecule has 0 bridgehead atoms. The Labute approximate surface area is 240 Å². The highest BCUT2D eigenvalue weighted by Crippen LogP contribution is 2.48. The van der Waals surface area contributed by atoms with Gasteiger partial charge in [0.2, 0.25) is 5.91 Å². The number of benzene rings is 3. The van der Waals surface area contributed by atoms with Crippen LogP contribution in [-0.4, -0.2) is 35.9 Å². The molecule has 0 aliphatic carbocycles. The van der Waals surface area contributed by atoms with Crippen molar-refractivity contribution in [3.63, 3.8) is 0 Å². The van der Waals surface area contributed by atoms with Gasteiger partial charge >= 0.3 is 12.0 Å². The van der Waals surface area contributed by atoms with Gasteiger partial charge in [0.15, 0.2) is 5.60 Å². The van der Waals surface area contributed by atoms with Crippen LogP contribution in [-0.2, 0) is 26.5 Å². The fourth-order valence-electron chi connectivity index (χ4n) is 5.60. The van der Waals surface area contributed by atoms with Crippen LogP contribution in [0.4, 0.5) is 10.5 Å². The number of hydrogen-bond donors (Lipinski definition) is 2. The van der Waals surface area contributed by atoms with Crippen molar-refractivity contribution in [2.75, 3.05) is 18.4 Å². The van der Waals surface area contributed by atoms with Gasteiger partial charge in [-0.05, 0) is 47.6 Å². The highest BCUT2D eigenvalue weighted by Gasteiger charge is 2.50. The van der Waals surface area contributed by atoms with E-state index < -0.39 is 5.60 Å². The van der Waals surface area contributed by atoms with Crippen molar-refractivity contribution < 1.29 is 19.1 Å². The van der Waals surface area contributed by atoms with E-state index in [1.165, 1.54) is 6.08 Å². The summed E-state index contributed by atoms with van der Waals surface area (Å²) in [6.45, 7) is 5.20. The molecule has 2 aliphatic rings. The van der Waals surface area contributed by atoms with Crippen LogP contribution >= 0.6 is 0 Å². The molecular weight excluding hydrogens is 514 g/mol. The topological polar surface area (TPSA) is 87.7 Å². The monoisotopic (exact) mass is 549 g/mol. The van der Waals surface area contributed by atoms with Crippen molar-refractivity contribution in [1.82, 2.24) is 10.2 Å². The quantitative estimate of drug-likeness (QED) is 0.265. The molecule has 2 heterocycles. The Hall–Kier alpha value is -4.65. The van der Waals surface area contributed by atoms with E-state index in [-0.39, 0.29) is 30.4 Å². The summed E-state index contributed by atoms with van der Waals surface area (Å²) in [5.41, 5.74) is 3.98. The summed E-state index contributed by atoms with van der Waals surface area (Å²) in [5, 5.41) is 5.92. The molecule has 3 aromatic rings. The lowest BCUT2D eigenvalue weighted by molar-refractivity contribution is -0.149. The van der Waals surface area contributed by atoms with Crippen LogP contribution in [0, 0.1) is 5.92 Å². The number of esters is 1. The van der Waals surface area contributed by atoms with E-state index in [1.54, 1.807) is 11.0 Å². The van der Waals surface area contributed by atoms with Crippen LogP contribution in [0.15, 0.2) is 102 Å². The molecule has 1 atom stereocenters. The fraction of sp³-hybridized carbons (Fsp3) is 0.265. The Morgan fingerprint density at radius 3 is 2.39 bits per heavy atom. The summed E-state index contributed by atoms with van der Waals surface area (Å²) >= 11 is 0. The number of hydrogen-bond acceptors (Lipinski definition) is 4. The zero-order valence-corrected chi connectivity index (χ0v) is 23.4. The second-order valence-corrected chi connectivity index (χ2v) is 10.9. The van der Waals surface area contributed by atoms with Gasteiger partial charge in [0.25, 0.3) is 0 Å². The predicted octanol–water partition coefficient (Wildman–Crippen LogP) is 6.05. The maximum absolute atomic E-state index is 13.4. The molecule has 0 saturated heterocycles. The lowest BCUT2D eigenvalue weighted by Gasteiger charge is -2.37. The van der Waals surface area contributed by atoms with Crippen molar-refractivity contribution in [3.8, 4) is 0 Å². The second kappa shape index (κ2) is 12.3. The summed E-state index contributed by atoms with van der Waals surface area (Å²) in [5.74, 6) is -0.264. The van der Waals surface area contributed by atoms with E-state index in [4.69, 9.17) is 4.74 Å². The number of urea groups is 1. The minimum absolute atomic E-state index is 0.229. The molecule has 3 amide bonds. The van der Waals surface area contributed by atoms with E-state index in [9.17, 15) is 14.4 Å². The molecule has 7 heteroatoms. The minimum Gasteiger partial charge on any atom is -0.446 e. The number of nitrogens with one attached hydrogen (secondary N) is 2. The smallest absolute Gasteiger partial charge is 0.335 e. The first-order chi connectivity index (χ1) is 19.9. The van der Waals surface area contributed by atoms with E-state index >= 15 is 0 Å². The first-order valence-corrected chi connectivity index (χ1v) is 14.0. The average Bonchev–Trinajstić information content (AvgIpc) is 3.27. The number of rotatable bonds is 8. The number of nitrogens with zero attached hydrogens (tertiary/aromatic N) is 1. The van der Waals surface area contributed by atoms with Gasteiger partial charge in [-0.25, -0.2) is 9.59 Å². The molecule has 0 aromatic heterocycles. The normalized spacial score (nSPS) is 18.4. The Kier molecular flexibility index (Phi) is 8.34. The van der Waals surface area contributed by atoms with Crippen LogP contribution < -0.4 is 10.6 Å². The van der Waals surface area contributed by atoms with E-state index in [0.717, 1.165) is 22.3 Å². The molecule has 5 rings (SSSR count). The molecule has 210 valence electrons. The molecule has 1 unspecified atom stereocenters. The molecule has 0 radical (unpaired) electrons. The van der Waals surface area contributed by atoms with Crippen molar-refractivity contribution in [2.45, 2.75) is 38.8 Å². The average molecular weight is 550 g/mol. The first-order valence-electron chi connectivity index (χ1n) is 14.0. The Morgan fingerprint density at radius 1 is 0.976 bits per heavy atom. The van der Waals surface area contributed by atoms with Crippen LogP contribution in [0.2, 0.25) is 0 Å². The number of amides is 3. The molecule has 0 saturated carbocycles. The minimum atomic E-state index is -0.870. The molecule has 2 N–H and O–H groups in total. The van der Waals surface area contributed by atoms with Crippen LogP contribution in [0.3, 0.4) is 0 Å². The molecule has 2 aliphatic heterocycles. The predicted molar refractivity (Wildman–Crippen MR) is 160 cm³/mol. The molecule has 0 fully saturated rings. The Morgan fingerprint density at radius 2 is 1.66 bits per heavy atom. The third kappa shape index (κ3) is 6.24. The van der Waals surface area contributed by atoms with Gasteiger partial charge in [0, 0.05) is 42.5 Å². The highest BCUT2D eigenvalue weighted by molar-refractivity contribution is 6.02. The molecule has 3 aromatic carbocycles. The standard InChI is InChI=1S/C34H35N3O4/c1-24(2)21-34(27-14-7-4-8-15-27)29-23-37(20-19-28(29)32(39)41-34)33(40)35-22-26-13-9-10-16-30(26)36-31(38)18-17-25-11-5-3-6-12-25/h3-18,24H,19-23H2,1-2H3,(H,35,40)(H,36,38)/b18-17+. The first kappa shape index (κ1) is 27.9. The zero-order chi connectivity index (χ0) is 28.8. The Balaban J connectivity index is 1.27. The molecule has 41 heavy (non-hydrogen) atoms. The number of para-hydroxylation sites is 1. The number of ether oxygens (including phenoxy) is 1. The summed E-state index contributed by atoms with van der Waals surface area (Å²) in [6.07, 6.45) is 4.34. The number of anilines is 1. The van der Waals surface area contributed by atoms with Crippen LogP contribution in [0.25, 0.3) is 6.08 Å². The lowest BCUT2D eigenvalue weighted by Crippen LogP contribution is -2.46. The van der Waals surface area contributed by atoms with Crippen molar-refractivity contribution >= 4 is 29.7 Å². The maximum Gasteiger partial charge on any atom is 0.335 e. The van der Waals surface area contributed by atoms with Gasteiger partial charge in [0.1, 0.15) is 0 Å². The van der Waals surface area contributed by atoms with Gasteiger partial charge < -0.3 is 20.3 Å². The maximum atomic E-state index is 13.4. The number of cyclic esters (lactones) is 1. The fourth-order valence-corrected chi connectivity index (χ4v) is 5.60. The molecule has 0 spiro atoms. The van der Waals surface area contributed by atoms with Crippen molar-refractivity contribution in [3.05, 3.63) is 119 Å². The van der Waals surface area contributed by atoms with Crippen molar-refractivity contribution in [1.29, 1.82) is 0 Å². The molecular formula is C34H35N3O4. The largest absolute Gasteiger partial charge is 0.446 e. The number of carbonyl (C=O) groups excluding carboxylic acids is 3. The van der Waals surface area contributed by atoms with Gasteiger partial charge in [-0.15, -0.1) is 0 Å². The summed E-state index contributed by atoms with van der Waals surface area (Å²) in [6, 6.07) is 26.6. The third-order valence-electron chi connectivity index (χ3n) is 7.50. The third-order valence-corrected chi connectivity index (χ3v) is 7.50. The van der Waals surface area contributed by atoms with Crippen LogP contribution in [0.1, 0.15) is 43.4 Å². The Bertz CT molecular complexity index is 1480. The van der Waals surface area contributed by atoms with E-state index in [1.807, 2.05) is 84.9 Å². The zero-order valence-electron chi connectivity index (χ0n) is 23.4. The van der Waals surface area contributed by atoms with Crippen LogP contribution in [0.5, 0.6) is 0 Å². The molecule has 7 nitrogen and oxygen atoms in total. The van der Waals surface area contributed by atoms with Gasteiger partial charge in [0.05, 0.1) is 0 Å². The highest BCUT2D eigenvalue weighted by atomic mass is 16.6. The van der Waals surface area contributed by atoms with E-state index in [2.05, 4.69) is 24.5 Å². The van der Waals surface area contributed by atoms with Crippen molar-refractivity contribution in [2.24, 2.45) is 5.92 Å². The second-order valence-electron chi connectivity index (χ2n) is 10.9. The summed E-state index contributed by atoms with van der Waals surface area (Å²) in [4.78, 5) is 40.7. The number of carbonyl (C=O) groups is 3. The lowest BCUT2D eigenvalue weighted by atomic mass is 9.77. The summed E-state index contributed by atoms with van der Waals surface area (Å²) < 4.78 is 6.13. The van der Waals surface area contributed by atoms with Gasteiger partial charge in [-0.3, -0.25) is 4.79 Å².